The molecule has 2 aliphatic rings. The second-order valence-corrected chi connectivity index (χ2v) is 8.44. The van der Waals surface area contributed by atoms with Gasteiger partial charge in [0, 0.05) is 26.1 Å². The number of nitrogens with zero attached hydrogens (tertiary/aromatic N) is 3. The Morgan fingerprint density at radius 1 is 1.19 bits per heavy atom. The Morgan fingerprint density at radius 2 is 2.00 bits per heavy atom. The fourth-order valence-corrected chi connectivity index (χ4v) is 4.26. The summed E-state index contributed by atoms with van der Waals surface area (Å²) in [5.74, 6) is -1.43. The minimum atomic E-state index is -0.582. The van der Waals surface area contributed by atoms with Crippen LogP contribution in [-0.2, 0) is 14.4 Å². The molecule has 4 rings (SSSR count). The van der Waals surface area contributed by atoms with E-state index < -0.39 is 11.7 Å². The van der Waals surface area contributed by atoms with Gasteiger partial charge in [0.2, 0.25) is 17.7 Å². The number of nitrogens with one attached hydrogen (secondary N) is 1. The second-order valence-electron chi connectivity index (χ2n) is 8.44. The lowest BCUT2D eigenvalue weighted by molar-refractivity contribution is -0.122. The Balaban J connectivity index is 1.38. The third-order valence-electron chi connectivity index (χ3n) is 6.05. The number of carbonyl (C=O) groups is 3. The lowest BCUT2D eigenvalue weighted by atomic mass is 9.97. The number of rotatable bonds is 5. The number of primary amides is 1. The minimum absolute atomic E-state index is 0.0208. The number of amides is 3. The molecular weight excluding hydrogens is 413 g/mol. The first kappa shape index (κ1) is 21.7. The molecule has 2 aliphatic heterocycles. The maximum absolute atomic E-state index is 14.3. The number of halogens is 1. The molecule has 2 saturated heterocycles. The predicted octanol–water partition coefficient (Wildman–Crippen LogP) is 2.22. The molecule has 8 nitrogen and oxygen atoms in total. The molecule has 2 fully saturated rings. The topological polar surface area (TPSA) is 109 Å². The van der Waals surface area contributed by atoms with Gasteiger partial charge < -0.3 is 20.9 Å². The summed E-state index contributed by atoms with van der Waals surface area (Å²) in [5.41, 5.74) is 6.90. The fraction of sp³-hybridized carbons (Fsp3) is 0.391. The average molecular weight is 439 g/mol. The van der Waals surface area contributed by atoms with Crippen molar-refractivity contribution < 1.29 is 18.8 Å². The predicted molar refractivity (Wildman–Crippen MR) is 119 cm³/mol. The maximum Gasteiger partial charge on any atom is 0.229 e. The van der Waals surface area contributed by atoms with Crippen molar-refractivity contribution in [1.82, 2.24) is 4.98 Å². The fourth-order valence-electron chi connectivity index (χ4n) is 4.26. The number of nitrogens with two attached hydrogens (primary N) is 1. The van der Waals surface area contributed by atoms with Crippen molar-refractivity contribution in [2.45, 2.75) is 26.2 Å². The number of pyridine rings is 1. The summed E-state index contributed by atoms with van der Waals surface area (Å²) in [6.45, 7) is 3.22. The summed E-state index contributed by atoms with van der Waals surface area (Å²) >= 11 is 0. The molecule has 0 bridgehead atoms. The molecule has 0 spiro atoms. The molecule has 2 unspecified atom stereocenters. The van der Waals surface area contributed by atoms with Crippen LogP contribution in [0.1, 0.15) is 24.8 Å². The number of anilines is 3. The van der Waals surface area contributed by atoms with Gasteiger partial charge in [0.05, 0.1) is 29.4 Å². The SMILES string of the molecule is Cc1ccc(N2CC(C(=O)Nc3ccc(N4CCCC(C(N)=O)C4)nc3)CC2=O)c(F)c1. The van der Waals surface area contributed by atoms with Gasteiger partial charge in [-0.1, -0.05) is 6.07 Å². The van der Waals surface area contributed by atoms with E-state index in [-0.39, 0.29) is 42.3 Å². The number of benzene rings is 1. The summed E-state index contributed by atoms with van der Waals surface area (Å²) < 4.78 is 14.3. The van der Waals surface area contributed by atoms with Crippen molar-refractivity contribution in [1.29, 1.82) is 0 Å². The van der Waals surface area contributed by atoms with E-state index in [9.17, 15) is 18.8 Å². The molecule has 168 valence electrons. The Bertz CT molecular complexity index is 1040. The van der Waals surface area contributed by atoms with Gasteiger partial charge in [0.1, 0.15) is 11.6 Å². The van der Waals surface area contributed by atoms with Crippen molar-refractivity contribution in [3.63, 3.8) is 0 Å². The van der Waals surface area contributed by atoms with Crippen LogP contribution >= 0.6 is 0 Å². The van der Waals surface area contributed by atoms with Gasteiger partial charge in [-0.05, 0) is 49.6 Å². The Hall–Kier alpha value is -3.49. The molecule has 32 heavy (non-hydrogen) atoms. The Labute approximate surface area is 185 Å². The summed E-state index contributed by atoms with van der Waals surface area (Å²) in [6, 6.07) is 8.20. The van der Waals surface area contributed by atoms with Gasteiger partial charge in [0.25, 0.3) is 0 Å². The summed E-state index contributed by atoms with van der Waals surface area (Å²) in [5, 5.41) is 2.79. The van der Waals surface area contributed by atoms with Crippen LogP contribution in [0.2, 0.25) is 0 Å². The van der Waals surface area contributed by atoms with E-state index in [0.29, 0.717) is 18.1 Å². The number of aryl methyl sites for hydroxylation is 1. The normalized spacial score (nSPS) is 21.0. The maximum atomic E-state index is 14.3. The molecule has 3 amide bonds. The molecule has 3 N–H and O–H groups in total. The molecule has 3 heterocycles. The van der Waals surface area contributed by atoms with E-state index in [0.717, 1.165) is 24.9 Å². The van der Waals surface area contributed by atoms with Crippen LogP contribution in [-0.4, -0.2) is 42.3 Å². The van der Waals surface area contributed by atoms with E-state index in [1.54, 1.807) is 37.4 Å². The quantitative estimate of drug-likeness (QED) is 0.743. The zero-order valence-electron chi connectivity index (χ0n) is 17.9. The summed E-state index contributed by atoms with van der Waals surface area (Å²) in [7, 11) is 0. The molecule has 1 aromatic carbocycles. The highest BCUT2D eigenvalue weighted by molar-refractivity contribution is 6.03. The highest BCUT2D eigenvalue weighted by atomic mass is 19.1. The number of hydrogen-bond donors (Lipinski definition) is 2. The van der Waals surface area contributed by atoms with Crippen LogP contribution in [0.5, 0.6) is 0 Å². The number of aromatic nitrogens is 1. The first-order valence-electron chi connectivity index (χ1n) is 10.7. The van der Waals surface area contributed by atoms with Gasteiger partial charge in [-0.3, -0.25) is 14.4 Å². The standard InChI is InChI=1S/C23H26FN5O3/c1-14-4-6-19(18(24)9-14)29-13-16(10-21(29)30)23(32)27-17-5-7-20(26-11-17)28-8-2-3-15(12-28)22(25)31/h4-7,9,11,15-16H,2-3,8,10,12-13H2,1H3,(H2,25,31)(H,27,32). The van der Waals surface area contributed by atoms with Crippen LogP contribution in [0.3, 0.4) is 0 Å². The summed E-state index contributed by atoms with van der Waals surface area (Å²) in [4.78, 5) is 44.3. The lowest BCUT2D eigenvalue weighted by Crippen LogP contribution is -2.41. The minimum Gasteiger partial charge on any atom is -0.369 e. The van der Waals surface area contributed by atoms with Crippen LogP contribution < -0.4 is 20.9 Å². The van der Waals surface area contributed by atoms with Crippen molar-refractivity contribution in [2.75, 3.05) is 34.8 Å². The zero-order valence-corrected chi connectivity index (χ0v) is 17.9. The summed E-state index contributed by atoms with van der Waals surface area (Å²) in [6.07, 6.45) is 3.22. The third-order valence-corrected chi connectivity index (χ3v) is 6.05. The number of carbonyl (C=O) groups excluding carboxylic acids is 3. The average Bonchev–Trinajstić information content (AvgIpc) is 3.16. The van der Waals surface area contributed by atoms with Crippen molar-refractivity contribution in [2.24, 2.45) is 17.6 Å². The van der Waals surface area contributed by atoms with Gasteiger partial charge in [-0.2, -0.15) is 0 Å². The van der Waals surface area contributed by atoms with Crippen molar-refractivity contribution in [3.05, 3.63) is 47.9 Å². The second kappa shape index (κ2) is 8.94. The molecule has 0 aliphatic carbocycles. The van der Waals surface area contributed by atoms with E-state index >= 15 is 0 Å². The van der Waals surface area contributed by atoms with E-state index in [1.807, 2.05) is 4.90 Å². The number of piperidine rings is 1. The third kappa shape index (κ3) is 4.56. The van der Waals surface area contributed by atoms with Crippen molar-refractivity contribution in [3.8, 4) is 0 Å². The first-order chi connectivity index (χ1) is 15.3. The van der Waals surface area contributed by atoms with Crippen LogP contribution in [0.15, 0.2) is 36.5 Å². The van der Waals surface area contributed by atoms with Gasteiger partial charge in [-0.15, -0.1) is 0 Å². The molecule has 2 atom stereocenters. The van der Waals surface area contributed by atoms with Crippen LogP contribution in [0.4, 0.5) is 21.6 Å². The van der Waals surface area contributed by atoms with Gasteiger partial charge in [-0.25, -0.2) is 9.37 Å². The molecule has 0 saturated carbocycles. The number of hydrogen-bond acceptors (Lipinski definition) is 5. The molecular formula is C23H26FN5O3. The largest absolute Gasteiger partial charge is 0.369 e. The smallest absolute Gasteiger partial charge is 0.229 e. The highest BCUT2D eigenvalue weighted by Crippen LogP contribution is 2.29. The molecule has 2 aromatic rings. The monoisotopic (exact) mass is 439 g/mol. The first-order valence-corrected chi connectivity index (χ1v) is 10.7. The molecule has 1 aromatic heterocycles. The lowest BCUT2D eigenvalue weighted by Gasteiger charge is -2.32. The van der Waals surface area contributed by atoms with Gasteiger partial charge >= 0.3 is 0 Å². The molecule has 9 heteroatoms. The highest BCUT2D eigenvalue weighted by Gasteiger charge is 2.36. The van der Waals surface area contributed by atoms with E-state index in [1.165, 1.54) is 11.0 Å². The van der Waals surface area contributed by atoms with E-state index in [2.05, 4.69) is 10.3 Å². The Morgan fingerprint density at radius 3 is 2.69 bits per heavy atom. The Kier molecular flexibility index (Phi) is 6.07. The van der Waals surface area contributed by atoms with Gasteiger partial charge in [0.15, 0.2) is 0 Å². The zero-order chi connectivity index (χ0) is 22.8. The van der Waals surface area contributed by atoms with E-state index in [4.69, 9.17) is 5.73 Å². The van der Waals surface area contributed by atoms with Crippen molar-refractivity contribution >= 4 is 34.9 Å². The molecule has 0 radical (unpaired) electrons. The van der Waals surface area contributed by atoms with Crippen LogP contribution in [0, 0.1) is 24.6 Å². The van der Waals surface area contributed by atoms with Crippen LogP contribution in [0.25, 0.3) is 0 Å².